The molecule has 0 aromatic heterocycles. The minimum Gasteiger partial charge on any atom is -0.493 e. The molecule has 1 saturated heterocycles. The number of esters is 1. The van der Waals surface area contributed by atoms with Gasteiger partial charge < -0.3 is 19.1 Å². The molecule has 0 bridgehead atoms. The number of rotatable bonds is 6. The fraction of sp³-hybridized carbons (Fsp3) is 0.500. The van der Waals surface area contributed by atoms with Gasteiger partial charge >= 0.3 is 5.97 Å². The van der Waals surface area contributed by atoms with Gasteiger partial charge in [0.2, 0.25) is 5.91 Å². The van der Waals surface area contributed by atoms with E-state index in [0.717, 1.165) is 5.56 Å². The SMILES string of the molecule is CCOC(=O)[C@@H]1CC(=O)N(Cc2ccc(OC)c(OC)c2)C1. The van der Waals surface area contributed by atoms with E-state index in [9.17, 15) is 9.59 Å². The van der Waals surface area contributed by atoms with E-state index < -0.39 is 0 Å². The monoisotopic (exact) mass is 307 g/mol. The van der Waals surface area contributed by atoms with Crippen LogP contribution < -0.4 is 9.47 Å². The highest BCUT2D eigenvalue weighted by atomic mass is 16.5. The van der Waals surface area contributed by atoms with Gasteiger partial charge in [0.1, 0.15) is 0 Å². The molecule has 1 aromatic rings. The normalized spacial score (nSPS) is 17.5. The molecule has 1 amide bonds. The molecule has 2 rings (SSSR count). The highest BCUT2D eigenvalue weighted by molar-refractivity contribution is 5.86. The molecule has 1 aliphatic rings. The predicted octanol–water partition coefficient (Wildman–Crippen LogP) is 1.62. The van der Waals surface area contributed by atoms with Crippen molar-refractivity contribution in [3.63, 3.8) is 0 Å². The molecule has 0 unspecified atom stereocenters. The van der Waals surface area contributed by atoms with Crippen molar-refractivity contribution in [2.24, 2.45) is 5.92 Å². The van der Waals surface area contributed by atoms with Crippen molar-refractivity contribution >= 4 is 11.9 Å². The van der Waals surface area contributed by atoms with Crippen LogP contribution in [0.25, 0.3) is 0 Å². The third-order valence-electron chi connectivity index (χ3n) is 3.66. The van der Waals surface area contributed by atoms with Gasteiger partial charge in [-0.1, -0.05) is 6.07 Å². The van der Waals surface area contributed by atoms with E-state index in [1.54, 1.807) is 32.1 Å². The number of likely N-dealkylation sites (tertiary alicyclic amines) is 1. The molecule has 1 aromatic carbocycles. The van der Waals surface area contributed by atoms with Gasteiger partial charge in [-0.05, 0) is 24.6 Å². The van der Waals surface area contributed by atoms with Gasteiger partial charge in [0.25, 0.3) is 0 Å². The largest absolute Gasteiger partial charge is 0.493 e. The van der Waals surface area contributed by atoms with Crippen molar-refractivity contribution < 1.29 is 23.8 Å². The summed E-state index contributed by atoms with van der Waals surface area (Å²) in [6, 6.07) is 5.52. The van der Waals surface area contributed by atoms with Crippen LogP contribution in [0.3, 0.4) is 0 Å². The summed E-state index contributed by atoms with van der Waals surface area (Å²) in [6.07, 6.45) is 0.214. The van der Waals surface area contributed by atoms with E-state index in [0.29, 0.717) is 31.2 Å². The van der Waals surface area contributed by atoms with E-state index in [1.807, 2.05) is 12.1 Å². The maximum absolute atomic E-state index is 12.0. The molecule has 0 N–H and O–H groups in total. The Hall–Kier alpha value is -2.24. The average Bonchev–Trinajstić information content (AvgIpc) is 2.88. The molecular weight excluding hydrogens is 286 g/mol. The molecule has 120 valence electrons. The van der Waals surface area contributed by atoms with Crippen LogP contribution in [0.1, 0.15) is 18.9 Å². The first-order valence-corrected chi connectivity index (χ1v) is 7.24. The van der Waals surface area contributed by atoms with Crippen molar-refractivity contribution in [2.45, 2.75) is 19.9 Å². The number of nitrogens with zero attached hydrogens (tertiary/aromatic N) is 1. The Morgan fingerprint density at radius 2 is 2.00 bits per heavy atom. The van der Waals surface area contributed by atoms with Crippen molar-refractivity contribution in [1.82, 2.24) is 4.90 Å². The highest BCUT2D eigenvalue weighted by Gasteiger charge is 2.35. The summed E-state index contributed by atoms with van der Waals surface area (Å²) in [5.74, 6) is 0.558. The van der Waals surface area contributed by atoms with Crippen LogP contribution >= 0.6 is 0 Å². The summed E-state index contributed by atoms with van der Waals surface area (Å²) in [6.45, 7) is 2.93. The van der Waals surface area contributed by atoms with Crippen molar-refractivity contribution in [2.75, 3.05) is 27.4 Å². The number of amides is 1. The number of carbonyl (C=O) groups excluding carboxylic acids is 2. The first kappa shape index (κ1) is 16.1. The zero-order chi connectivity index (χ0) is 16.1. The van der Waals surface area contributed by atoms with Crippen molar-refractivity contribution in [3.8, 4) is 11.5 Å². The predicted molar refractivity (Wildman–Crippen MR) is 79.7 cm³/mol. The lowest BCUT2D eigenvalue weighted by molar-refractivity contribution is -0.147. The summed E-state index contributed by atoms with van der Waals surface area (Å²) in [7, 11) is 3.14. The summed E-state index contributed by atoms with van der Waals surface area (Å²) < 4.78 is 15.4. The van der Waals surface area contributed by atoms with Crippen molar-refractivity contribution in [3.05, 3.63) is 23.8 Å². The molecule has 6 nitrogen and oxygen atoms in total. The Balaban J connectivity index is 2.05. The van der Waals surface area contributed by atoms with Gasteiger partial charge in [0, 0.05) is 19.5 Å². The van der Waals surface area contributed by atoms with Crippen LogP contribution in [0.2, 0.25) is 0 Å². The Morgan fingerprint density at radius 1 is 1.27 bits per heavy atom. The smallest absolute Gasteiger partial charge is 0.311 e. The van der Waals surface area contributed by atoms with E-state index in [4.69, 9.17) is 14.2 Å². The van der Waals surface area contributed by atoms with E-state index in [-0.39, 0.29) is 24.2 Å². The number of carbonyl (C=O) groups is 2. The van der Waals surface area contributed by atoms with Crippen LogP contribution in [0.5, 0.6) is 11.5 Å². The Labute approximate surface area is 129 Å². The average molecular weight is 307 g/mol. The zero-order valence-corrected chi connectivity index (χ0v) is 13.1. The van der Waals surface area contributed by atoms with Crippen LogP contribution in [-0.4, -0.2) is 44.1 Å². The lowest BCUT2D eigenvalue weighted by atomic mass is 10.1. The summed E-state index contributed by atoms with van der Waals surface area (Å²) in [5.41, 5.74) is 0.926. The molecule has 0 saturated carbocycles. The number of methoxy groups -OCH3 is 2. The quantitative estimate of drug-likeness (QED) is 0.747. The van der Waals surface area contributed by atoms with Gasteiger partial charge in [-0.25, -0.2) is 0 Å². The van der Waals surface area contributed by atoms with Gasteiger partial charge in [-0.3, -0.25) is 9.59 Å². The summed E-state index contributed by atoms with van der Waals surface area (Å²) in [5, 5.41) is 0. The first-order valence-electron chi connectivity index (χ1n) is 7.24. The molecule has 0 spiro atoms. The molecule has 22 heavy (non-hydrogen) atoms. The van der Waals surface area contributed by atoms with Crippen LogP contribution in [-0.2, 0) is 20.9 Å². The summed E-state index contributed by atoms with van der Waals surface area (Å²) in [4.78, 5) is 25.4. The van der Waals surface area contributed by atoms with Gasteiger partial charge in [-0.15, -0.1) is 0 Å². The standard InChI is InChI=1S/C16H21NO5/c1-4-22-16(19)12-8-15(18)17(10-12)9-11-5-6-13(20-2)14(7-11)21-3/h5-7,12H,4,8-10H2,1-3H3/t12-/m1/s1. The molecule has 6 heteroatoms. The number of ether oxygens (including phenoxy) is 3. The van der Waals surface area contributed by atoms with E-state index in [1.165, 1.54) is 0 Å². The number of hydrogen-bond acceptors (Lipinski definition) is 5. The highest BCUT2D eigenvalue weighted by Crippen LogP contribution is 2.29. The fourth-order valence-electron chi connectivity index (χ4n) is 2.54. The van der Waals surface area contributed by atoms with E-state index >= 15 is 0 Å². The third kappa shape index (κ3) is 3.50. The topological polar surface area (TPSA) is 65.1 Å². The maximum atomic E-state index is 12.0. The Morgan fingerprint density at radius 3 is 2.64 bits per heavy atom. The van der Waals surface area contributed by atoms with Gasteiger partial charge in [0.05, 0.1) is 26.7 Å². The van der Waals surface area contributed by atoms with Crippen molar-refractivity contribution in [1.29, 1.82) is 0 Å². The molecule has 1 fully saturated rings. The molecular formula is C16H21NO5. The van der Waals surface area contributed by atoms with Gasteiger partial charge in [0.15, 0.2) is 11.5 Å². The molecule has 1 heterocycles. The lowest BCUT2D eigenvalue weighted by Gasteiger charge is -2.17. The number of benzene rings is 1. The zero-order valence-electron chi connectivity index (χ0n) is 13.1. The third-order valence-corrected chi connectivity index (χ3v) is 3.66. The van der Waals surface area contributed by atoms with Crippen LogP contribution in [0.4, 0.5) is 0 Å². The van der Waals surface area contributed by atoms with Crippen LogP contribution in [0, 0.1) is 5.92 Å². The van der Waals surface area contributed by atoms with Gasteiger partial charge in [-0.2, -0.15) is 0 Å². The number of hydrogen-bond donors (Lipinski definition) is 0. The second kappa shape index (κ2) is 7.15. The molecule has 1 atom stereocenters. The minimum atomic E-state index is -0.368. The Bertz CT molecular complexity index is 557. The first-order chi connectivity index (χ1) is 10.6. The molecule has 1 aliphatic heterocycles. The van der Waals surface area contributed by atoms with E-state index in [2.05, 4.69) is 0 Å². The van der Waals surface area contributed by atoms with Crippen LogP contribution in [0.15, 0.2) is 18.2 Å². The maximum Gasteiger partial charge on any atom is 0.311 e. The molecule has 0 radical (unpaired) electrons. The Kier molecular flexibility index (Phi) is 5.25. The minimum absolute atomic E-state index is 0.0344. The molecule has 0 aliphatic carbocycles. The lowest BCUT2D eigenvalue weighted by Crippen LogP contribution is -2.26. The second-order valence-electron chi connectivity index (χ2n) is 5.12. The fourth-order valence-corrected chi connectivity index (χ4v) is 2.54. The second-order valence-corrected chi connectivity index (χ2v) is 5.12. The summed E-state index contributed by atoms with van der Waals surface area (Å²) >= 11 is 0.